The predicted molar refractivity (Wildman–Crippen MR) is 130 cm³/mol. The number of carbonyl (C=O) groups excluding carboxylic acids is 1. The second kappa shape index (κ2) is 10.1. The zero-order chi connectivity index (χ0) is 24.5. The summed E-state index contributed by atoms with van der Waals surface area (Å²) in [4.78, 5) is 30.6. The van der Waals surface area contributed by atoms with E-state index in [0.717, 1.165) is 43.1 Å². The highest BCUT2D eigenvalue weighted by molar-refractivity contribution is 7.91. The Labute approximate surface area is 206 Å². The maximum Gasteiger partial charge on any atom is 0.252 e. The smallest absolute Gasteiger partial charge is 0.252 e. The molecule has 1 N–H and O–H groups in total. The van der Waals surface area contributed by atoms with Gasteiger partial charge in [0.15, 0.2) is 5.13 Å². The molecule has 0 bridgehead atoms. The number of nitrogens with one attached hydrogen (secondary N) is 1. The molecule has 0 aliphatic heterocycles. The van der Waals surface area contributed by atoms with Crippen LogP contribution in [0.3, 0.4) is 0 Å². The largest absolute Gasteiger partial charge is 0.468 e. The lowest BCUT2D eigenvalue weighted by Crippen LogP contribution is -2.36. The van der Waals surface area contributed by atoms with E-state index in [-0.39, 0.29) is 21.5 Å². The van der Waals surface area contributed by atoms with E-state index in [1.54, 1.807) is 13.8 Å². The number of sulfone groups is 1. The number of nitrogens with zero attached hydrogens (tertiary/aromatic N) is 2. The van der Waals surface area contributed by atoms with Gasteiger partial charge in [-0.3, -0.25) is 9.59 Å². The molecule has 3 aromatic heterocycles. The molecule has 0 radical (unpaired) electrons. The average molecular weight is 524 g/mol. The van der Waals surface area contributed by atoms with E-state index in [2.05, 4.69) is 10.3 Å². The van der Waals surface area contributed by atoms with Crippen LogP contribution in [0.1, 0.15) is 56.0 Å². The first-order valence-electron chi connectivity index (χ1n) is 11.1. The fraction of sp³-hybridized carbons (Fsp3) is 0.435. The Morgan fingerprint density at radius 2 is 2.03 bits per heavy atom. The summed E-state index contributed by atoms with van der Waals surface area (Å²) in [5.74, 6) is 0.175. The minimum atomic E-state index is -3.94. The van der Waals surface area contributed by atoms with Crippen molar-refractivity contribution in [2.45, 2.75) is 68.2 Å². The van der Waals surface area contributed by atoms with Crippen molar-refractivity contribution >= 4 is 43.8 Å². The number of halogens is 1. The number of thiazole rings is 1. The molecule has 1 amide bonds. The van der Waals surface area contributed by atoms with Crippen LogP contribution in [0, 0.1) is 19.8 Å². The van der Waals surface area contributed by atoms with Gasteiger partial charge in [0.1, 0.15) is 21.0 Å². The van der Waals surface area contributed by atoms with E-state index in [0.29, 0.717) is 27.5 Å². The molecule has 3 aromatic rings. The highest BCUT2D eigenvalue weighted by Crippen LogP contribution is 2.33. The zero-order valence-corrected chi connectivity index (χ0v) is 21.3. The Bertz CT molecular complexity index is 1350. The third kappa shape index (κ3) is 5.13. The second-order valence-electron chi connectivity index (χ2n) is 8.60. The van der Waals surface area contributed by atoms with Crippen molar-refractivity contribution in [3.8, 4) is 0 Å². The number of aromatic nitrogens is 2. The summed E-state index contributed by atoms with van der Waals surface area (Å²) < 4.78 is 33.1. The summed E-state index contributed by atoms with van der Waals surface area (Å²) in [5.41, 5.74) is -0.159. The highest BCUT2D eigenvalue weighted by Gasteiger charge is 2.30. The monoisotopic (exact) mass is 523 g/mol. The second-order valence-corrected chi connectivity index (χ2v) is 12.2. The number of aryl methyl sites for hydroxylation is 2. The normalized spacial score (nSPS) is 15.9. The molecular formula is C23H26ClN3O5S2. The molecule has 1 aliphatic carbocycles. The molecular weight excluding hydrogens is 498 g/mol. The van der Waals surface area contributed by atoms with Crippen LogP contribution in [0.5, 0.6) is 0 Å². The van der Waals surface area contributed by atoms with Crippen LogP contribution in [-0.4, -0.2) is 23.9 Å². The number of pyridine rings is 1. The number of furan rings is 1. The summed E-state index contributed by atoms with van der Waals surface area (Å²) in [6.07, 6.45) is 8.58. The lowest BCUT2D eigenvalue weighted by Gasteiger charge is -2.28. The Morgan fingerprint density at radius 3 is 2.62 bits per heavy atom. The first-order valence-corrected chi connectivity index (χ1v) is 13.8. The van der Waals surface area contributed by atoms with Crippen LogP contribution < -0.4 is 10.9 Å². The van der Waals surface area contributed by atoms with Crippen molar-refractivity contribution in [3.05, 3.63) is 56.8 Å². The van der Waals surface area contributed by atoms with Crippen molar-refractivity contribution in [1.82, 2.24) is 9.55 Å². The van der Waals surface area contributed by atoms with Gasteiger partial charge in [-0.1, -0.05) is 55.0 Å². The summed E-state index contributed by atoms with van der Waals surface area (Å²) in [5, 5.41) is 3.12. The third-order valence-corrected chi connectivity index (χ3v) is 9.14. The average Bonchev–Trinajstić information content (AvgIpc) is 3.41. The minimum Gasteiger partial charge on any atom is -0.468 e. The number of hydrogen-bond donors (Lipinski definition) is 1. The molecule has 1 atom stereocenters. The lowest BCUT2D eigenvalue weighted by molar-refractivity contribution is -0.120. The Morgan fingerprint density at radius 1 is 1.29 bits per heavy atom. The molecule has 34 heavy (non-hydrogen) atoms. The van der Waals surface area contributed by atoms with E-state index in [1.807, 2.05) is 0 Å². The van der Waals surface area contributed by atoms with Gasteiger partial charge in [0.05, 0.1) is 17.4 Å². The van der Waals surface area contributed by atoms with E-state index >= 15 is 0 Å². The number of anilines is 1. The molecule has 0 spiro atoms. The topological polar surface area (TPSA) is 111 Å². The van der Waals surface area contributed by atoms with E-state index in [1.165, 1.54) is 35.6 Å². The summed E-state index contributed by atoms with van der Waals surface area (Å²) in [7, 11) is -3.94. The highest BCUT2D eigenvalue weighted by atomic mass is 35.5. The van der Waals surface area contributed by atoms with Gasteiger partial charge in [0.2, 0.25) is 15.7 Å². The molecule has 11 heteroatoms. The van der Waals surface area contributed by atoms with Crippen LogP contribution in [0.4, 0.5) is 5.13 Å². The van der Waals surface area contributed by atoms with Crippen LogP contribution >= 0.6 is 22.9 Å². The minimum absolute atomic E-state index is 0.0150. The third-order valence-electron chi connectivity index (χ3n) is 6.25. The van der Waals surface area contributed by atoms with Gasteiger partial charge in [-0.05, 0) is 38.3 Å². The molecule has 1 saturated carbocycles. The fourth-order valence-corrected chi connectivity index (χ4v) is 6.90. The van der Waals surface area contributed by atoms with Crippen LogP contribution in [0.25, 0.3) is 0 Å². The summed E-state index contributed by atoms with van der Waals surface area (Å²) in [6.45, 7) is 3.19. The Kier molecular flexibility index (Phi) is 7.30. The number of amides is 1. The standard InChI is InChI=1S/C23H26ClN3O5S2/c1-14-10-17(34(30,31)19-8-9-32-15(19)2)12-21(28)27(14)18(11-16-6-4-3-5-7-16)22(29)26-23-25-13-20(24)33-23/h8-10,12-13,16,18H,3-7,11H2,1-2H3,(H,25,26,29). The maximum atomic E-state index is 13.3. The van der Waals surface area contributed by atoms with E-state index in [4.69, 9.17) is 16.0 Å². The van der Waals surface area contributed by atoms with Gasteiger partial charge < -0.3 is 14.3 Å². The van der Waals surface area contributed by atoms with Gasteiger partial charge in [0, 0.05) is 11.8 Å². The Hall–Kier alpha value is -2.43. The van der Waals surface area contributed by atoms with Gasteiger partial charge in [-0.25, -0.2) is 13.4 Å². The molecule has 3 heterocycles. The molecule has 4 rings (SSSR count). The van der Waals surface area contributed by atoms with Crippen LogP contribution in [-0.2, 0) is 14.6 Å². The maximum absolute atomic E-state index is 13.3. The molecule has 0 saturated heterocycles. The number of carbonyl (C=O) groups is 1. The number of hydrogen-bond acceptors (Lipinski definition) is 7. The first-order chi connectivity index (χ1) is 16.2. The zero-order valence-electron chi connectivity index (χ0n) is 18.9. The quantitative estimate of drug-likeness (QED) is 0.458. The molecule has 182 valence electrons. The van der Waals surface area contributed by atoms with Gasteiger partial charge in [-0.15, -0.1) is 0 Å². The van der Waals surface area contributed by atoms with Crippen molar-refractivity contribution < 1.29 is 17.6 Å². The number of rotatable bonds is 7. The molecule has 8 nitrogen and oxygen atoms in total. The van der Waals surface area contributed by atoms with Crippen LogP contribution in [0.2, 0.25) is 4.34 Å². The van der Waals surface area contributed by atoms with Crippen molar-refractivity contribution in [1.29, 1.82) is 0 Å². The SMILES string of the molecule is Cc1occc1S(=O)(=O)c1cc(C)n(C(CC2CCCCC2)C(=O)Nc2ncc(Cl)s2)c(=O)c1. The summed E-state index contributed by atoms with van der Waals surface area (Å²) in [6, 6.07) is 3.08. The summed E-state index contributed by atoms with van der Waals surface area (Å²) >= 11 is 7.08. The lowest BCUT2D eigenvalue weighted by atomic mass is 9.84. The van der Waals surface area contributed by atoms with Crippen molar-refractivity contribution in [3.63, 3.8) is 0 Å². The van der Waals surface area contributed by atoms with E-state index < -0.39 is 21.4 Å². The molecule has 1 aliphatic rings. The first kappa shape index (κ1) is 24.7. The van der Waals surface area contributed by atoms with Crippen molar-refractivity contribution in [2.75, 3.05) is 5.32 Å². The van der Waals surface area contributed by atoms with Gasteiger partial charge in [0.25, 0.3) is 5.56 Å². The van der Waals surface area contributed by atoms with E-state index in [9.17, 15) is 18.0 Å². The molecule has 1 fully saturated rings. The van der Waals surface area contributed by atoms with Crippen molar-refractivity contribution in [2.24, 2.45) is 5.92 Å². The Balaban J connectivity index is 1.72. The fourth-order valence-electron chi connectivity index (χ4n) is 4.58. The van der Waals surface area contributed by atoms with Gasteiger partial charge in [-0.2, -0.15) is 0 Å². The molecule has 0 aromatic carbocycles. The van der Waals surface area contributed by atoms with Crippen LogP contribution in [0.15, 0.2) is 49.7 Å². The molecule has 1 unspecified atom stereocenters. The predicted octanol–water partition coefficient (Wildman–Crippen LogP) is 5.15. The van der Waals surface area contributed by atoms with Gasteiger partial charge >= 0.3 is 0 Å².